The van der Waals surface area contributed by atoms with Gasteiger partial charge in [0.15, 0.2) is 0 Å². The molecule has 0 bridgehead atoms. The highest BCUT2D eigenvalue weighted by Gasteiger charge is 2.20. The summed E-state index contributed by atoms with van der Waals surface area (Å²) in [5, 5.41) is 0. The summed E-state index contributed by atoms with van der Waals surface area (Å²) in [4.78, 5) is 4.36. The minimum atomic E-state index is 0.225. The summed E-state index contributed by atoms with van der Waals surface area (Å²) >= 11 is 0. The van der Waals surface area contributed by atoms with E-state index in [2.05, 4.69) is 75.1 Å². The number of nitrogens with zero attached hydrogens (tertiary/aromatic N) is 1. The first kappa shape index (κ1) is 15.5. The van der Waals surface area contributed by atoms with Crippen molar-refractivity contribution >= 4 is 0 Å². The molecule has 0 N–H and O–H groups in total. The van der Waals surface area contributed by atoms with Gasteiger partial charge in [0, 0.05) is 18.3 Å². The van der Waals surface area contributed by atoms with Gasteiger partial charge in [-0.05, 0) is 61.6 Å². The molecule has 0 saturated heterocycles. The van der Waals surface area contributed by atoms with Gasteiger partial charge in [-0.15, -0.1) is 0 Å². The van der Waals surface area contributed by atoms with Gasteiger partial charge in [0.2, 0.25) is 0 Å². The predicted molar refractivity (Wildman–Crippen MR) is 97.0 cm³/mol. The Morgan fingerprint density at radius 1 is 0.739 bits per heavy atom. The summed E-state index contributed by atoms with van der Waals surface area (Å²) in [6.45, 7) is 8.71. The summed E-state index contributed by atoms with van der Waals surface area (Å²) < 4.78 is 0. The van der Waals surface area contributed by atoms with Crippen molar-refractivity contribution in [1.82, 2.24) is 4.98 Å². The molecule has 1 aromatic heterocycles. The van der Waals surface area contributed by atoms with Crippen LogP contribution in [0.25, 0.3) is 0 Å². The molecule has 1 heterocycles. The van der Waals surface area contributed by atoms with Crippen LogP contribution in [0.3, 0.4) is 0 Å². The first-order chi connectivity index (χ1) is 11.1. The molecule has 0 unspecified atom stereocenters. The zero-order valence-electron chi connectivity index (χ0n) is 14.3. The van der Waals surface area contributed by atoms with E-state index in [1.807, 2.05) is 18.5 Å². The SMILES string of the molecule is Cc1ccc(C)c(C(c2cccnc2)c2cc(C)ccc2C)c1. The average molecular weight is 301 g/mol. The number of aryl methyl sites for hydroxylation is 4. The third-order valence-electron chi connectivity index (χ3n) is 4.51. The summed E-state index contributed by atoms with van der Waals surface area (Å²) in [7, 11) is 0. The predicted octanol–water partition coefficient (Wildman–Crippen LogP) is 5.50. The van der Waals surface area contributed by atoms with E-state index in [1.165, 1.54) is 38.9 Å². The second kappa shape index (κ2) is 6.37. The third kappa shape index (κ3) is 3.19. The van der Waals surface area contributed by atoms with Crippen molar-refractivity contribution in [3.05, 3.63) is 99.9 Å². The molecule has 0 atom stereocenters. The number of aromatic nitrogens is 1. The lowest BCUT2D eigenvalue weighted by molar-refractivity contribution is 0.933. The first-order valence-electron chi connectivity index (χ1n) is 8.10. The molecular weight excluding hydrogens is 278 g/mol. The minimum Gasteiger partial charge on any atom is -0.264 e. The number of benzene rings is 2. The third-order valence-corrected chi connectivity index (χ3v) is 4.51. The second-order valence-corrected chi connectivity index (χ2v) is 6.44. The van der Waals surface area contributed by atoms with E-state index in [-0.39, 0.29) is 5.92 Å². The molecule has 0 aliphatic carbocycles. The molecule has 0 radical (unpaired) electrons. The maximum absolute atomic E-state index is 4.36. The van der Waals surface area contributed by atoms with Crippen LogP contribution in [0.4, 0.5) is 0 Å². The van der Waals surface area contributed by atoms with Gasteiger partial charge in [0.25, 0.3) is 0 Å². The molecule has 0 aliphatic heterocycles. The van der Waals surface area contributed by atoms with Crippen LogP contribution >= 0.6 is 0 Å². The summed E-state index contributed by atoms with van der Waals surface area (Å²) in [6.07, 6.45) is 3.83. The molecule has 0 saturated carbocycles. The summed E-state index contributed by atoms with van der Waals surface area (Å²) in [5.74, 6) is 0.225. The molecule has 2 aromatic carbocycles. The topological polar surface area (TPSA) is 12.9 Å². The molecule has 1 nitrogen and oxygen atoms in total. The Morgan fingerprint density at radius 3 is 1.78 bits per heavy atom. The fourth-order valence-electron chi connectivity index (χ4n) is 3.22. The van der Waals surface area contributed by atoms with Crippen LogP contribution in [-0.2, 0) is 0 Å². The highest BCUT2D eigenvalue weighted by atomic mass is 14.6. The van der Waals surface area contributed by atoms with E-state index < -0.39 is 0 Å². The van der Waals surface area contributed by atoms with Gasteiger partial charge in [0.05, 0.1) is 0 Å². The monoisotopic (exact) mass is 301 g/mol. The van der Waals surface area contributed by atoms with Crippen LogP contribution in [0.1, 0.15) is 44.9 Å². The smallest absolute Gasteiger partial charge is 0.0360 e. The van der Waals surface area contributed by atoms with Crippen molar-refractivity contribution in [3.63, 3.8) is 0 Å². The van der Waals surface area contributed by atoms with Gasteiger partial charge in [0.1, 0.15) is 0 Å². The van der Waals surface area contributed by atoms with E-state index in [0.717, 1.165) is 0 Å². The van der Waals surface area contributed by atoms with Crippen LogP contribution < -0.4 is 0 Å². The van der Waals surface area contributed by atoms with Gasteiger partial charge in [-0.25, -0.2) is 0 Å². The van der Waals surface area contributed by atoms with E-state index in [1.54, 1.807) is 0 Å². The highest BCUT2D eigenvalue weighted by molar-refractivity contribution is 5.49. The lowest BCUT2D eigenvalue weighted by Gasteiger charge is -2.23. The lowest BCUT2D eigenvalue weighted by atomic mass is 9.81. The molecule has 0 amide bonds. The quantitative estimate of drug-likeness (QED) is 0.623. The maximum atomic E-state index is 4.36. The Hall–Kier alpha value is -2.41. The Labute approximate surface area is 139 Å². The Balaban J connectivity index is 2.27. The van der Waals surface area contributed by atoms with Gasteiger partial charge in [-0.1, -0.05) is 53.6 Å². The summed E-state index contributed by atoms with van der Waals surface area (Å²) in [6, 6.07) is 17.6. The minimum absolute atomic E-state index is 0.225. The Morgan fingerprint density at radius 2 is 1.30 bits per heavy atom. The maximum Gasteiger partial charge on any atom is 0.0360 e. The largest absolute Gasteiger partial charge is 0.264 e. The van der Waals surface area contributed by atoms with Gasteiger partial charge in [-0.3, -0.25) is 4.98 Å². The molecule has 0 fully saturated rings. The highest BCUT2D eigenvalue weighted by Crippen LogP contribution is 2.36. The van der Waals surface area contributed by atoms with Gasteiger partial charge < -0.3 is 0 Å². The van der Waals surface area contributed by atoms with Crippen molar-refractivity contribution < 1.29 is 0 Å². The molecule has 23 heavy (non-hydrogen) atoms. The molecule has 1 heteroatoms. The standard InChI is InChI=1S/C22H23N/c1-15-7-9-17(3)20(12-15)22(19-6-5-11-23-14-19)21-13-16(2)8-10-18(21)4/h5-14,22H,1-4H3. The molecular formula is C22H23N. The van der Waals surface area contributed by atoms with Gasteiger partial charge >= 0.3 is 0 Å². The number of hydrogen-bond acceptors (Lipinski definition) is 1. The van der Waals surface area contributed by atoms with Crippen LogP contribution in [0, 0.1) is 27.7 Å². The van der Waals surface area contributed by atoms with Crippen LogP contribution in [0.5, 0.6) is 0 Å². The number of pyridine rings is 1. The van der Waals surface area contributed by atoms with Crippen molar-refractivity contribution in [1.29, 1.82) is 0 Å². The number of rotatable bonds is 3. The number of hydrogen-bond donors (Lipinski definition) is 0. The van der Waals surface area contributed by atoms with Crippen molar-refractivity contribution in [2.45, 2.75) is 33.6 Å². The molecule has 3 aromatic rings. The van der Waals surface area contributed by atoms with Crippen LogP contribution in [-0.4, -0.2) is 4.98 Å². The average Bonchev–Trinajstić information content (AvgIpc) is 2.55. The Kier molecular flexibility index (Phi) is 4.29. The zero-order valence-corrected chi connectivity index (χ0v) is 14.3. The van der Waals surface area contributed by atoms with Crippen molar-refractivity contribution in [3.8, 4) is 0 Å². The van der Waals surface area contributed by atoms with E-state index >= 15 is 0 Å². The lowest BCUT2D eigenvalue weighted by Crippen LogP contribution is -2.08. The van der Waals surface area contributed by atoms with Crippen molar-refractivity contribution in [2.24, 2.45) is 0 Å². The van der Waals surface area contributed by atoms with E-state index in [9.17, 15) is 0 Å². The van der Waals surface area contributed by atoms with E-state index in [0.29, 0.717) is 0 Å². The van der Waals surface area contributed by atoms with Crippen LogP contribution in [0.15, 0.2) is 60.9 Å². The summed E-state index contributed by atoms with van der Waals surface area (Å²) in [5.41, 5.74) is 9.22. The van der Waals surface area contributed by atoms with Crippen LogP contribution in [0.2, 0.25) is 0 Å². The van der Waals surface area contributed by atoms with Gasteiger partial charge in [-0.2, -0.15) is 0 Å². The molecule has 116 valence electrons. The Bertz CT molecular complexity index is 767. The van der Waals surface area contributed by atoms with Crippen molar-refractivity contribution in [2.75, 3.05) is 0 Å². The van der Waals surface area contributed by atoms with E-state index in [4.69, 9.17) is 0 Å². The fraction of sp³-hybridized carbons (Fsp3) is 0.227. The first-order valence-corrected chi connectivity index (χ1v) is 8.10. The fourth-order valence-corrected chi connectivity index (χ4v) is 3.22. The molecule has 3 rings (SSSR count). The normalized spacial score (nSPS) is 11.0. The molecule has 0 spiro atoms. The second-order valence-electron chi connectivity index (χ2n) is 6.44. The molecule has 0 aliphatic rings. The zero-order chi connectivity index (χ0) is 16.4.